The second-order valence-electron chi connectivity index (χ2n) is 16.5. The third kappa shape index (κ3) is 5.51. The third-order valence-electron chi connectivity index (χ3n) is 13.0. The molecule has 1 aliphatic carbocycles. The first-order chi connectivity index (χ1) is 31.7. The summed E-state index contributed by atoms with van der Waals surface area (Å²) in [6.45, 7) is 0. The SMILES string of the molecule is c1ccc(-c2ccc(-c3nc(-c4ccccc4)nc(-c4ccc5c(c4)nc(-c4ccccc4)c4cc6c(cc45)C4(c5ccccc5Oc5ccccc54)c4ccccc4-6)n3)cc2)cc1. The normalized spacial score (nSPS) is 12.9. The van der Waals surface area contributed by atoms with Gasteiger partial charge in [0, 0.05) is 44.2 Å². The second kappa shape index (κ2) is 14.3. The summed E-state index contributed by atoms with van der Waals surface area (Å²) in [5.41, 5.74) is 14.4. The average Bonchev–Trinajstić information content (AvgIpc) is 3.65. The maximum absolute atomic E-state index is 6.65. The number of hydrogen-bond donors (Lipinski definition) is 0. The zero-order valence-electron chi connectivity index (χ0n) is 34.5. The van der Waals surface area contributed by atoms with Crippen molar-refractivity contribution in [3.05, 3.63) is 241 Å². The van der Waals surface area contributed by atoms with Gasteiger partial charge in [-0.15, -0.1) is 0 Å². The van der Waals surface area contributed by atoms with Crippen LogP contribution in [-0.4, -0.2) is 19.9 Å². The Balaban J connectivity index is 1.05. The van der Waals surface area contributed by atoms with Crippen LogP contribution < -0.4 is 4.74 Å². The number of para-hydroxylation sites is 2. The van der Waals surface area contributed by atoms with Gasteiger partial charge in [0.15, 0.2) is 17.5 Å². The number of pyridine rings is 1. The van der Waals surface area contributed by atoms with Gasteiger partial charge in [-0.3, -0.25) is 0 Å². The van der Waals surface area contributed by atoms with Gasteiger partial charge in [-0.25, -0.2) is 19.9 Å². The molecule has 13 rings (SSSR count). The van der Waals surface area contributed by atoms with E-state index in [1.165, 1.54) is 22.3 Å². The average molecular weight is 817 g/mol. The molecule has 2 aliphatic rings. The lowest BCUT2D eigenvalue weighted by atomic mass is 9.66. The summed E-state index contributed by atoms with van der Waals surface area (Å²) >= 11 is 0. The van der Waals surface area contributed by atoms with Crippen molar-refractivity contribution in [3.8, 4) is 79.2 Å². The minimum Gasteiger partial charge on any atom is -0.457 e. The van der Waals surface area contributed by atoms with E-state index in [1.54, 1.807) is 0 Å². The van der Waals surface area contributed by atoms with Crippen molar-refractivity contribution < 1.29 is 4.74 Å². The molecule has 0 bridgehead atoms. The molecule has 5 nitrogen and oxygen atoms in total. The van der Waals surface area contributed by atoms with Crippen molar-refractivity contribution in [2.75, 3.05) is 0 Å². The molecule has 0 atom stereocenters. The predicted octanol–water partition coefficient (Wildman–Crippen LogP) is 14.4. The van der Waals surface area contributed by atoms with Crippen LogP contribution in [-0.2, 0) is 5.41 Å². The van der Waals surface area contributed by atoms with Crippen LogP contribution in [0, 0.1) is 0 Å². The molecule has 64 heavy (non-hydrogen) atoms. The smallest absolute Gasteiger partial charge is 0.164 e. The standard InChI is InChI=1S/C59H36N4O/c1-4-16-37(17-5-1)38-28-30-41(31-29-38)57-61-56(40-20-8-3-9-21-40)62-58(63-57)42-32-33-44-45-36-51-46(35-47(45)55(60-52(44)34-42)39-18-6-2-7-19-39)43-22-10-11-23-48(43)59(51)49-24-12-14-26-53(49)64-54-27-15-13-25-50(54)59/h1-36H. The Morgan fingerprint density at radius 2 is 0.781 bits per heavy atom. The fraction of sp³-hybridized carbons (Fsp3) is 0.0169. The van der Waals surface area contributed by atoms with Gasteiger partial charge in [0.2, 0.25) is 0 Å². The van der Waals surface area contributed by atoms with Crippen molar-refractivity contribution in [1.29, 1.82) is 0 Å². The number of rotatable bonds is 5. The highest BCUT2D eigenvalue weighted by Gasteiger charge is 2.51. The summed E-state index contributed by atoms with van der Waals surface area (Å²) in [5, 5.41) is 3.27. The summed E-state index contributed by atoms with van der Waals surface area (Å²) in [4.78, 5) is 20.8. The Bertz CT molecular complexity index is 3580. The van der Waals surface area contributed by atoms with E-state index in [0.29, 0.717) is 17.5 Å². The molecular weight excluding hydrogens is 781 g/mol. The molecule has 0 radical (unpaired) electrons. The first kappa shape index (κ1) is 36.1. The monoisotopic (exact) mass is 816 g/mol. The molecule has 0 fully saturated rings. The molecule has 0 unspecified atom stereocenters. The highest BCUT2D eigenvalue weighted by molar-refractivity contribution is 6.14. The Labute approximate surface area is 370 Å². The number of benzene rings is 9. The van der Waals surface area contributed by atoms with E-state index in [1.807, 2.05) is 36.4 Å². The van der Waals surface area contributed by atoms with Gasteiger partial charge >= 0.3 is 0 Å². The Morgan fingerprint density at radius 1 is 0.297 bits per heavy atom. The topological polar surface area (TPSA) is 60.8 Å². The molecule has 0 saturated heterocycles. The molecule has 2 aromatic heterocycles. The molecule has 11 aromatic rings. The fourth-order valence-corrected chi connectivity index (χ4v) is 10.1. The molecule has 0 amide bonds. The zero-order chi connectivity index (χ0) is 42.2. The van der Waals surface area contributed by atoms with E-state index in [4.69, 9.17) is 24.7 Å². The maximum Gasteiger partial charge on any atom is 0.164 e. The number of aromatic nitrogens is 4. The van der Waals surface area contributed by atoms with Gasteiger partial charge in [0.05, 0.1) is 16.6 Å². The van der Waals surface area contributed by atoms with Gasteiger partial charge in [-0.1, -0.05) is 188 Å². The highest BCUT2D eigenvalue weighted by Crippen LogP contribution is 2.62. The second-order valence-corrected chi connectivity index (χ2v) is 16.5. The van der Waals surface area contributed by atoms with Crippen LogP contribution in [0.25, 0.3) is 89.4 Å². The largest absolute Gasteiger partial charge is 0.457 e. The van der Waals surface area contributed by atoms with Crippen molar-refractivity contribution in [1.82, 2.24) is 19.9 Å². The Morgan fingerprint density at radius 3 is 1.44 bits per heavy atom. The van der Waals surface area contributed by atoms with Gasteiger partial charge in [0.25, 0.3) is 0 Å². The number of ether oxygens (including phenoxy) is 1. The van der Waals surface area contributed by atoms with Crippen molar-refractivity contribution in [2.45, 2.75) is 5.41 Å². The summed E-state index contributed by atoms with van der Waals surface area (Å²) in [5.74, 6) is 3.55. The molecule has 9 aromatic carbocycles. The minimum absolute atomic E-state index is 0.583. The van der Waals surface area contributed by atoms with Gasteiger partial charge in [-0.2, -0.15) is 0 Å². The first-order valence-corrected chi connectivity index (χ1v) is 21.6. The summed E-state index contributed by atoms with van der Waals surface area (Å²) < 4.78 is 6.65. The van der Waals surface area contributed by atoms with Gasteiger partial charge < -0.3 is 4.74 Å². The number of hydrogen-bond acceptors (Lipinski definition) is 5. The minimum atomic E-state index is -0.595. The lowest BCUT2D eigenvalue weighted by Gasteiger charge is -2.39. The van der Waals surface area contributed by atoms with Crippen molar-refractivity contribution >= 4 is 21.7 Å². The van der Waals surface area contributed by atoms with E-state index >= 15 is 0 Å². The van der Waals surface area contributed by atoms with Crippen LogP contribution in [0.1, 0.15) is 22.3 Å². The quantitative estimate of drug-likeness (QED) is 0.162. The first-order valence-electron chi connectivity index (χ1n) is 21.6. The van der Waals surface area contributed by atoms with Crippen LogP contribution >= 0.6 is 0 Å². The summed E-state index contributed by atoms with van der Waals surface area (Å²) in [7, 11) is 0. The molecule has 1 aliphatic heterocycles. The van der Waals surface area contributed by atoms with Crippen LogP contribution in [0.5, 0.6) is 11.5 Å². The van der Waals surface area contributed by atoms with Gasteiger partial charge in [-0.05, 0) is 69.1 Å². The van der Waals surface area contributed by atoms with Gasteiger partial charge in [0.1, 0.15) is 11.5 Å². The Hall–Kier alpha value is -8.54. The molecular formula is C59H36N4O. The van der Waals surface area contributed by atoms with Crippen LogP contribution in [0.2, 0.25) is 0 Å². The zero-order valence-corrected chi connectivity index (χ0v) is 34.5. The van der Waals surface area contributed by atoms with Crippen molar-refractivity contribution in [3.63, 3.8) is 0 Å². The van der Waals surface area contributed by atoms with Crippen molar-refractivity contribution in [2.24, 2.45) is 0 Å². The lowest BCUT2D eigenvalue weighted by molar-refractivity contribution is 0.436. The van der Waals surface area contributed by atoms with E-state index in [-0.39, 0.29) is 0 Å². The molecule has 5 heteroatoms. The van der Waals surface area contributed by atoms with E-state index in [9.17, 15) is 0 Å². The molecule has 3 heterocycles. The van der Waals surface area contributed by atoms with E-state index in [0.717, 1.165) is 83.4 Å². The molecule has 0 N–H and O–H groups in total. The number of fused-ring (bicyclic) bond motifs is 12. The third-order valence-corrected chi connectivity index (χ3v) is 13.0. The number of nitrogens with zero attached hydrogens (tertiary/aromatic N) is 4. The Kier molecular flexibility index (Phi) is 8.06. The molecule has 1 spiro atoms. The highest BCUT2D eigenvalue weighted by atomic mass is 16.5. The summed E-state index contributed by atoms with van der Waals surface area (Å²) in [6, 6.07) is 76.7. The molecule has 0 saturated carbocycles. The molecule has 298 valence electrons. The van der Waals surface area contributed by atoms with E-state index in [2.05, 4.69) is 182 Å². The van der Waals surface area contributed by atoms with E-state index < -0.39 is 5.41 Å². The maximum atomic E-state index is 6.65. The van der Waals surface area contributed by atoms with Crippen LogP contribution in [0.3, 0.4) is 0 Å². The van der Waals surface area contributed by atoms with Crippen LogP contribution in [0.4, 0.5) is 0 Å². The predicted molar refractivity (Wildman–Crippen MR) is 257 cm³/mol. The van der Waals surface area contributed by atoms with Crippen LogP contribution in [0.15, 0.2) is 218 Å². The fourth-order valence-electron chi connectivity index (χ4n) is 10.1. The summed E-state index contributed by atoms with van der Waals surface area (Å²) in [6.07, 6.45) is 0. The lowest BCUT2D eigenvalue weighted by Crippen LogP contribution is -2.32.